The van der Waals surface area contributed by atoms with Crippen LogP contribution in [-0.4, -0.2) is 27.8 Å². The molecule has 0 aromatic carbocycles. The molecule has 0 saturated heterocycles. The van der Waals surface area contributed by atoms with Crippen molar-refractivity contribution in [1.82, 2.24) is 0 Å². The molecule has 15 heavy (non-hydrogen) atoms. The zero-order valence-corrected chi connectivity index (χ0v) is 12.4. The first-order valence-electron chi connectivity index (χ1n) is 5.19. The maximum Gasteiger partial charge on any atom is 0.267 e. The van der Waals surface area contributed by atoms with E-state index in [9.17, 15) is 4.79 Å². The van der Waals surface area contributed by atoms with Crippen molar-refractivity contribution in [2.24, 2.45) is 10.7 Å². The lowest BCUT2D eigenvalue weighted by atomic mass is 10.3. The van der Waals surface area contributed by atoms with E-state index < -0.39 is 16.1 Å². The highest BCUT2D eigenvalue weighted by Gasteiger charge is 2.40. The van der Waals surface area contributed by atoms with Gasteiger partial charge in [0, 0.05) is 5.32 Å². The van der Waals surface area contributed by atoms with Crippen LogP contribution in [0.2, 0.25) is 39.3 Å². The average molecular weight is 240 g/mol. The van der Waals surface area contributed by atoms with E-state index in [1.54, 1.807) is 0 Å². The van der Waals surface area contributed by atoms with Crippen molar-refractivity contribution >= 4 is 27.8 Å². The van der Waals surface area contributed by atoms with Crippen LogP contribution in [0.15, 0.2) is 15.5 Å². The largest absolute Gasteiger partial charge is 0.364 e. The molecule has 0 saturated carbocycles. The van der Waals surface area contributed by atoms with Gasteiger partial charge in [0.25, 0.3) is 5.91 Å². The highest BCUT2D eigenvalue weighted by atomic mass is 28.3. The molecule has 0 radical (unpaired) electrons. The van der Waals surface area contributed by atoms with Crippen LogP contribution in [0.3, 0.4) is 0 Å². The molecule has 0 spiro atoms. The standard InChI is InChI=1S/C10H20N2OSi2/c1-14(2,3)8-7(9(11)13)12-10(8)15(4,5)6/h1-6H3,(H2,11,13). The Morgan fingerprint density at radius 2 is 1.53 bits per heavy atom. The molecule has 0 atom stereocenters. The van der Waals surface area contributed by atoms with Crippen molar-refractivity contribution in [3.05, 3.63) is 10.5 Å². The van der Waals surface area contributed by atoms with E-state index in [1.165, 1.54) is 10.5 Å². The van der Waals surface area contributed by atoms with Crippen molar-refractivity contribution in [2.75, 3.05) is 0 Å². The van der Waals surface area contributed by atoms with Gasteiger partial charge in [-0.15, -0.1) is 0 Å². The summed E-state index contributed by atoms with van der Waals surface area (Å²) in [5, 5.41) is 2.42. The van der Waals surface area contributed by atoms with Gasteiger partial charge in [0.2, 0.25) is 0 Å². The number of nitrogens with two attached hydrogens (primary N) is 1. The molecular formula is C10H20N2OSi2. The van der Waals surface area contributed by atoms with E-state index in [0.717, 1.165) is 0 Å². The van der Waals surface area contributed by atoms with E-state index in [-0.39, 0.29) is 5.91 Å². The Labute approximate surface area is 93.5 Å². The molecule has 1 rings (SSSR count). The van der Waals surface area contributed by atoms with Crippen molar-refractivity contribution in [1.29, 1.82) is 0 Å². The third kappa shape index (κ3) is 2.28. The second-order valence-corrected chi connectivity index (χ2v) is 16.0. The van der Waals surface area contributed by atoms with E-state index in [0.29, 0.717) is 5.71 Å². The summed E-state index contributed by atoms with van der Waals surface area (Å²) >= 11 is 0. The van der Waals surface area contributed by atoms with E-state index in [4.69, 9.17) is 5.73 Å². The molecule has 0 aromatic heterocycles. The number of hydrogen-bond donors (Lipinski definition) is 1. The molecule has 1 amide bonds. The molecule has 3 nitrogen and oxygen atoms in total. The van der Waals surface area contributed by atoms with Gasteiger partial charge in [-0.05, 0) is 5.20 Å². The van der Waals surface area contributed by atoms with Gasteiger partial charge in [-0.25, -0.2) is 0 Å². The zero-order valence-electron chi connectivity index (χ0n) is 10.4. The summed E-state index contributed by atoms with van der Waals surface area (Å²) in [6.45, 7) is 13.5. The lowest BCUT2D eigenvalue weighted by Gasteiger charge is -2.35. The monoisotopic (exact) mass is 240 g/mol. The lowest BCUT2D eigenvalue weighted by molar-refractivity contribution is -0.112. The summed E-state index contributed by atoms with van der Waals surface area (Å²) in [5.74, 6) is -0.366. The molecule has 0 fully saturated rings. The molecule has 2 N–H and O–H groups in total. The Kier molecular flexibility index (Phi) is 2.82. The molecule has 5 heteroatoms. The highest BCUT2D eigenvalue weighted by molar-refractivity contribution is 6.96. The molecular weight excluding hydrogens is 220 g/mol. The van der Waals surface area contributed by atoms with Crippen LogP contribution in [0.1, 0.15) is 0 Å². The van der Waals surface area contributed by atoms with Crippen molar-refractivity contribution in [2.45, 2.75) is 39.3 Å². The van der Waals surface area contributed by atoms with Crippen molar-refractivity contribution in [3.63, 3.8) is 0 Å². The summed E-state index contributed by atoms with van der Waals surface area (Å²) in [7, 11) is -2.91. The van der Waals surface area contributed by atoms with Crippen LogP contribution in [0.5, 0.6) is 0 Å². The lowest BCUT2D eigenvalue weighted by Crippen LogP contribution is -2.46. The van der Waals surface area contributed by atoms with Crippen LogP contribution in [-0.2, 0) is 4.79 Å². The van der Waals surface area contributed by atoms with Gasteiger partial charge in [-0.3, -0.25) is 9.79 Å². The van der Waals surface area contributed by atoms with Gasteiger partial charge in [-0.1, -0.05) is 39.3 Å². The Morgan fingerprint density at radius 1 is 1.07 bits per heavy atom. The van der Waals surface area contributed by atoms with Crippen LogP contribution in [0.4, 0.5) is 0 Å². The quantitative estimate of drug-likeness (QED) is 0.753. The number of nitrogens with zero attached hydrogens (tertiary/aromatic N) is 1. The molecule has 1 aliphatic rings. The van der Waals surface area contributed by atoms with Gasteiger partial charge >= 0.3 is 0 Å². The first-order valence-corrected chi connectivity index (χ1v) is 12.2. The number of hydrogen-bond acceptors (Lipinski definition) is 2. The fourth-order valence-corrected chi connectivity index (χ4v) is 6.94. The van der Waals surface area contributed by atoms with Crippen LogP contribution >= 0.6 is 0 Å². The van der Waals surface area contributed by atoms with E-state index >= 15 is 0 Å². The Morgan fingerprint density at radius 3 is 1.80 bits per heavy atom. The van der Waals surface area contributed by atoms with Gasteiger partial charge in [0.15, 0.2) is 0 Å². The van der Waals surface area contributed by atoms with Crippen molar-refractivity contribution < 1.29 is 4.79 Å². The first-order chi connectivity index (χ1) is 6.55. The fourth-order valence-electron chi connectivity index (χ4n) is 1.71. The summed E-state index contributed by atoms with van der Waals surface area (Å²) < 4.78 is 0. The maximum atomic E-state index is 11.2. The third-order valence-corrected chi connectivity index (χ3v) is 6.40. The minimum atomic E-state index is -1.49. The first kappa shape index (κ1) is 12.4. The smallest absolute Gasteiger partial charge is 0.267 e. The fraction of sp³-hybridized carbons (Fsp3) is 0.600. The highest BCUT2D eigenvalue weighted by Crippen LogP contribution is 2.34. The topological polar surface area (TPSA) is 55.5 Å². The Balaban J connectivity index is 3.17. The third-order valence-electron chi connectivity index (χ3n) is 2.39. The number of carbonyl (C=O) groups is 1. The molecule has 1 aliphatic heterocycles. The van der Waals surface area contributed by atoms with Crippen LogP contribution in [0, 0.1) is 0 Å². The molecule has 1 heterocycles. The molecule has 0 bridgehead atoms. The minimum Gasteiger partial charge on any atom is -0.364 e. The normalized spacial score (nSPS) is 17.3. The molecule has 0 aromatic rings. The number of amides is 1. The van der Waals surface area contributed by atoms with Crippen LogP contribution in [0.25, 0.3) is 0 Å². The average Bonchev–Trinajstić information content (AvgIpc) is 1.72. The van der Waals surface area contributed by atoms with Crippen LogP contribution < -0.4 is 5.73 Å². The number of aliphatic imine (C=N–C) groups is 1. The molecule has 84 valence electrons. The summed E-state index contributed by atoms with van der Waals surface area (Å²) in [5.41, 5.74) is 5.87. The summed E-state index contributed by atoms with van der Waals surface area (Å²) in [6.07, 6.45) is 0. The number of primary amides is 1. The summed E-state index contributed by atoms with van der Waals surface area (Å²) in [4.78, 5) is 15.6. The Hall–Kier alpha value is -0.686. The van der Waals surface area contributed by atoms with Crippen molar-refractivity contribution in [3.8, 4) is 0 Å². The second kappa shape index (κ2) is 3.41. The second-order valence-electron chi connectivity index (χ2n) is 6.05. The van der Waals surface area contributed by atoms with Gasteiger partial charge in [-0.2, -0.15) is 0 Å². The molecule has 0 aliphatic carbocycles. The number of rotatable bonds is 3. The predicted molar refractivity (Wildman–Crippen MR) is 70.3 cm³/mol. The van der Waals surface area contributed by atoms with E-state index in [2.05, 4.69) is 44.3 Å². The van der Waals surface area contributed by atoms with Gasteiger partial charge < -0.3 is 5.73 Å². The van der Waals surface area contributed by atoms with Gasteiger partial charge in [0.05, 0.1) is 8.07 Å². The zero-order chi connectivity index (χ0) is 12.0. The number of carbonyl (C=O) groups excluding carboxylic acids is 1. The maximum absolute atomic E-state index is 11.2. The SMILES string of the molecule is C[Si](C)(C)C1=C([Si](C)(C)C)C(C(N)=O)=N1. The molecule has 0 unspecified atom stereocenters. The predicted octanol–water partition coefficient (Wildman–Crippen LogP) is 1.94. The minimum absolute atomic E-state index is 0.366. The Bertz CT molecular complexity index is 370. The van der Waals surface area contributed by atoms with Gasteiger partial charge in [0.1, 0.15) is 13.8 Å². The van der Waals surface area contributed by atoms with E-state index in [1.807, 2.05) is 0 Å². The summed E-state index contributed by atoms with van der Waals surface area (Å²) in [6, 6.07) is 0.